The van der Waals surface area contributed by atoms with Crippen LogP contribution >= 0.6 is 0 Å². The van der Waals surface area contributed by atoms with Crippen LogP contribution in [0.3, 0.4) is 0 Å². The second-order valence-electron chi connectivity index (χ2n) is 6.80. The predicted octanol–water partition coefficient (Wildman–Crippen LogP) is 0.820. The van der Waals surface area contributed by atoms with E-state index in [0.29, 0.717) is 12.6 Å². The summed E-state index contributed by atoms with van der Waals surface area (Å²) in [5.74, 6) is 1.07. The molecule has 116 valence electrons. The molecule has 1 amide bonds. The summed E-state index contributed by atoms with van der Waals surface area (Å²) in [6.45, 7) is 10.2. The molecule has 6 nitrogen and oxygen atoms in total. The lowest BCUT2D eigenvalue weighted by atomic mass is 10.1. The fourth-order valence-corrected chi connectivity index (χ4v) is 2.44. The van der Waals surface area contributed by atoms with Crippen molar-refractivity contribution in [2.45, 2.75) is 39.3 Å². The van der Waals surface area contributed by atoms with Crippen molar-refractivity contribution in [1.29, 1.82) is 0 Å². The molecule has 0 bridgehead atoms. The third-order valence-electron chi connectivity index (χ3n) is 3.56. The van der Waals surface area contributed by atoms with E-state index in [1.54, 1.807) is 6.33 Å². The van der Waals surface area contributed by atoms with Crippen LogP contribution < -0.4 is 10.2 Å². The van der Waals surface area contributed by atoms with Gasteiger partial charge in [-0.05, 0) is 34.7 Å². The summed E-state index contributed by atoms with van der Waals surface area (Å²) >= 11 is 0. The lowest BCUT2D eigenvalue weighted by Crippen LogP contribution is -2.60. The van der Waals surface area contributed by atoms with E-state index in [1.165, 1.54) is 0 Å². The quantitative estimate of drug-likeness (QED) is 0.890. The van der Waals surface area contributed by atoms with Crippen LogP contribution in [-0.4, -0.2) is 59.0 Å². The first-order valence-electron chi connectivity index (χ1n) is 7.29. The van der Waals surface area contributed by atoms with Gasteiger partial charge in [-0.15, -0.1) is 0 Å². The Labute approximate surface area is 126 Å². The van der Waals surface area contributed by atoms with E-state index in [0.717, 1.165) is 24.5 Å². The van der Waals surface area contributed by atoms with E-state index in [9.17, 15) is 4.79 Å². The fourth-order valence-electron chi connectivity index (χ4n) is 2.44. The van der Waals surface area contributed by atoms with Gasteiger partial charge in [-0.2, -0.15) is 0 Å². The molecule has 0 unspecified atom stereocenters. The van der Waals surface area contributed by atoms with Crippen LogP contribution in [-0.2, 0) is 4.79 Å². The number of nitrogens with zero attached hydrogens (tertiary/aromatic N) is 4. The Hall–Kier alpha value is -1.69. The minimum Gasteiger partial charge on any atom is -0.353 e. The second-order valence-corrected chi connectivity index (χ2v) is 6.80. The topological polar surface area (TPSA) is 61.4 Å². The molecule has 1 aliphatic rings. The summed E-state index contributed by atoms with van der Waals surface area (Å²) in [7, 11) is 2.00. The molecule has 1 aromatic heterocycles. The molecule has 0 aliphatic carbocycles. The minimum atomic E-state index is -0.179. The zero-order valence-corrected chi connectivity index (χ0v) is 13.6. The molecule has 6 heteroatoms. The van der Waals surface area contributed by atoms with Crippen molar-refractivity contribution in [3.8, 4) is 0 Å². The molecular formula is C15H25N5O. The highest BCUT2D eigenvalue weighted by Crippen LogP contribution is 2.23. The highest BCUT2D eigenvalue weighted by Gasteiger charge is 2.32. The van der Waals surface area contributed by atoms with Gasteiger partial charge < -0.3 is 10.2 Å². The number of anilines is 1. The molecule has 21 heavy (non-hydrogen) atoms. The molecule has 1 aliphatic heterocycles. The van der Waals surface area contributed by atoms with Crippen LogP contribution in [0.15, 0.2) is 12.5 Å². The van der Waals surface area contributed by atoms with Crippen molar-refractivity contribution >= 4 is 11.7 Å². The molecule has 2 heterocycles. The van der Waals surface area contributed by atoms with Gasteiger partial charge in [0.2, 0.25) is 5.91 Å². The van der Waals surface area contributed by atoms with E-state index in [-0.39, 0.29) is 11.4 Å². The predicted molar refractivity (Wildman–Crippen MR) is 83.3 cm³/mol. The largest absolute Gasteiger partial charge is 0.353 e. The molecule has 0 spiro atoms. The Morgan fingerprint density at radius 3 is 2.71 bits per heavy atom. The lowest BCUT2D eigenvalue weighted by Gasteiger charge is -2.45. The van der Waals surface area contributed by atoms with E-state index in [4.69, 9.17) is 0 Å². The number of rotatable bonds is 4. The molecule has 0 atom stereocenters. The molecule has 2 rings (SSSR count). The van der Waals surface area contributed by atoms with Crippen molar-refractivity contribution in [2.24, 2.45) is 0 Å². The van der Waals surface area contributed by atoms with Crippen molar-refractivity contribution in [2.75, 3.05) is 31.6 Å². The average Bonchev–Trinajstić information content (AvgIpc) is 2.26. The van der Waals surface area contributed by atoms with E-state index in [2.05, 4.69) is 25.1 Å². The highest BCUT2D eigenvalue weighted by molar-refractivity contribution is 5.78. The van der Waals surface area contributed by atoms with Gasteiger partial charge in [0.25, 0.3) is 0 Å². The first-order chi connectivity index (χ1) is 9.76. The minimum absolute atomic E-state index is 0.0710. The van der Waals surface area contributed by atoms with Gasteiger partial charge in [0.05, 0.1) is 6.54 Å². The number of nitrogens with one attached hydrogen (secondary N) is 1. The molecule has 1 fully saturated rings. The van der Waals surface area contributed by atoms with E-state index < -0.39 is 0 Å². The summed E-state index contributed by atoms with van der Waals surface area (Å²) in [6, 6.07) is 0.394. The van der Waals surface area contributed by atoms with Crippen molar-refractivity contribution in [3.63, 3.8) is 0 Å². The summed E-state index contributed by atoms with van der Waals surface area (Å²) in [6.07, 6.45) is 3.41. The number of hydrogen-bond acceptors (Lipinski definition) is 5. The maximum atomic E-state index is 11.9. The Bertz CT molecular complexity index is 505. The maximum Gasteiger partial charge on any atom is 0.234 e. The molecule has 0 saturated carbocycles. The lowest BCUT2D eigenvalue weighted by molar-refractivity contribution is -0.123. The van der Waals surface area contributed by atoms with Gasteiger partial charge in [0.1, 0.15) is 12.1 Å². The van der Waals surface area contributed by atoms with Crippen LogP contribution in [0.5, 0.6) is 0 Å². The Morgan fingerprint density at radius 2 is 2.14 bits per heavy atom. The van der Waals surface area contributed by atoms with Gasteiger partial charge >= 0.3 is 0 Å². The molecule has 1 aromatic rings. The van der Waals surface area contributed by atoms with Gasteiger partial charge in [0.15, 0.2) is 0 Å². The zero-order valence-electron chi connectivity index (χ0n) is 13.6. The van der Waals surface area contributed by atoms with Gasteiger partial charge in [-0.25, -0.2) is 9.97 Å². The number of carbonyl (C=O) groups excluding carboxylic acids is 1. The van der Waals surface area contributed by atoms with Crippen LogP contribution in [0, 0.1) is 6.92 Å². The average molecular weight is 291 g/mol. The fraction of sp³-hybridized carbons (Fsp3) is 0.667. The number of likely N-dealkylation sites (N-methyl/N-ethyl adjacent to an activating group) is 1. The highest BCUT2D eigenvalue weighted by atomic mass is 16.2. The first kappa shape index (κ1) is 15.7. The summed E-state index contributed by atoms with van der Waals surface area (Å²) in [5, 5.41) is 2.99. The third-order valence-corrected chi connectivity index (χ3v) is 3.56. The number of aryl methyl sites for hydroxylation is 1. The van der Waals surface area contributed by atoms with Crippen molar-refractivity contribution in [1.82, 2.24) is 20.2 Å². The van der Waals surface area contributed by atoms with Crippen LogP contribution in [0.2, 0.25) is 0 Å². The molecular weight excluding hydrogens is 266 g/mol. The number of aromatic nitrogens is 2. The van der Waals surface area contributed by atoms with Gasteiger partial charge in [-0.3, -0.25) is 9.69 Å². The smallest absolute Gasteiger partial charge is 0.234 e. The number of carbonyl (C=O) groups is 1. The summed E-state index contributed by atoms with van der Waals surface area (Å²) in [5.41, 5.74) is 0.908. The standard InChI is InChI=1S/C15H25N5O/c1-11-6-16-10-17-14(11)20-7-12(8-20)19(5)9-13(21)18-15(2,3)4/h6,10,12H,7-9H2,1-5H3,(H,18,21). The SMILES string of the molecule is Cc1cncnc1N1CC(N(C)CC(=O)NC(C)(C)C)C1. The van der Waals surface area contributed by atoms with Crippen LogP contribution in [0.4, 0.5) is 5.82 Å². The van der Waals surface area contributed by atoms with Gasteiger partial charge in [0, 0.05) is 36.4 Å². The van der Waals surface area contributed by atoms with Crippen molar-refractivity contribution < 1.29 is 4.79 Å². The molecule has 1 N–H and O–H groups in total. The Morgan fingerprint density at radius 1 is 1.48 bits per heavy atom. The first-order valence-corrected chi connectivity index (χ1v) is 7.29. The second kappa shape index (κ2) is 5.97. The Kier molecular flexibility index (Phi) is 4.46. The summed E-state index contributed by atoms with van der Waals surface area (Å²) < 4.78 is 0. The van der Waals surface area contributed by atoms with E-state index in [1.807, 2.05) is 40.9 Å². The normalized spacial score (nSPS) is 16.0. The van der Waals surface area contributed by atoms with Gasteiger partial charge in [-0.1, -0.05) is 0 Å². The van der Waals surface area contributed by atoms with Crippen LogP contribution in [0.1, 0.15) is 26.3 Å². The van der Waals surface area contributed by atoms with Crippen molar-refractivity contribution in [3.05, 3.63) is 18.1 Å². The number of amides is 1. The molecule has 1 saturated heterocycles. The van der Waals surface area contributed by atoms with Crippen LogP contribution in [0.25, 0.3) is 0 Å². The third kappa shape index (κ3) is 4.14. The molecule has 0 radical (unpaired) electrons. The zero-order chi connectivity index (χ0) is 15.6. The monoisotopic (exact) mass is 291 g/mol. The summed E-state index contributed by atoms with van der Waals surface area (Å²) in [4.78, 5) is 24.6. The maximum absolute atomic E-state index is 11.9. The molecule has 0 aromatic carbocycles. The Balaban J connectivity index is 1.82. The number of hydrogen-bond donors (Lipinski definition) is 1. The van der Waals surface area contributed by atoms with E-state index >= 15 is 0 Å².